The molecule has 1 rings (SSSR count). The SMILES string of the molecule is CC(CCCl)Nc1ccccc1. The first-order valence-corrected chi connectivity index (χ1v) is 4.74. The van der Waals surface area contributed by atoms with E-state index in [1.807, 2.05) is 18.2 Å². The minimum Gasteiger partial charge on any atom is -0.383 e. The number of hydrogen-bond acceptors (Lipinski definition) is 1. The summed E-state index contributed by atoms with van der Waals surface area (Å²) < 4.78 is 0. The minimum atomic E-state index is 0.449. The molecule has 0 saturated carbocycles. The Bertz CT molecular complexity index is 210. The van der Waals surface area contributed by atoms with E-state index >= 15 is 0 Å². The van der Waals surface area contributed by atoms with Crippen LogP contribution < -0.4 is 5.32 Å². The molecule has 0 bridgehead atoms. The van der Waals surface area contributed by atoms with E-state index in [4.69, 9.17) is 11.6 Å². The second-order valence-electron chi connectivity index (χ2n) is 2.89. The van der Waals surface area contributed by atoms with Gasteiger partial charge in [-0.1, -0.05) is 18.2 Å². The average Bonchev–Trinajstić information content (AvgIpc) is 2.06. The lowest BCUT2D eigenvalue weighted by Gasteiger charge is -2.13. The second-order valence-corrected chi connectivity index (χ2v) is 3.27. The van der Waals surface area contributed by atoms with Crippen LogP contribution in [-0.4, -0.2) is 11.9 Å². The van der Waals surface area contributed by atoms with Crippen molar-refractivity contribution in [1.82, 2.24) is 0 Å². The smallest absolute Gasteiger partial charge is 0.0342 e. The fourth-order valence-electron chi connectivity index (χ4n) is 1.05. The van der Waals surface area contributed by atoms with Crippen LogP contribution in [0, 0.1) is 0 Å². The van der Waals surface area contributed by atoms with Gasteiger partial charge in [-0.15, -0.1) is 11.6 Å². The van der Waals surface area contributed by atoms with Crippen molar-refractivity contribution in [2.45, 2.75) is 19.4 Å². The molecule has 1 aromatic carbocycles. The van der Waals surface area contributed by atoms with Gasteiger partial charge in [0.2, 0.25) is 0 Å². The fraction of sp³-hybridized carbons (Fsp3) is 0.400. The Kier molecular flexibility index (Phi) is 3.95. The highest BCUT2D eigenvalue weighted by Gasteiger charge is 1.98. The molecule has 12 heavy (non-hydrogen) atoms. The molecule has 0 saturated heterocycles. The van der Waals surface area contributed by atoms with Crippen LogP contribution in [0.25, 0.3) is 0 Å². The van der Waals surface area contributed by atoms with Crippen molar-refractivity contribution < 1.29 is 0 Å². The van der Waals surface area contributed by atoms with E-state index in [0.29, 0.717) is 11.9 Å². The maximum absolute atomic E-state index is 5.62. The zero-order valence-electron chi connectivity index (χ0n) is 7.26. The van der Waals surface area contributed by atoms with Crippen molar-refractivity contribution in [2.75, 3.05) is 11.2 Å². The van der Waals surface area contributed by atoms with Crippen molar-refractivity contribution >= 4 is 17.3 Å². The van der Waals surface area contributed by atoms with Crippen LogP contribution in [0.4, 0.5) is 5.69 Å². The topological polar surface area (TPSA) is 12.0 Å². The fourth-order valence-corrected chi connectivity index (χ4v) is 1.38. The minimum absolute atomic E-state index is 0.449. The van der Waals surface area contributed by atoms with Crippen LogP contribution in [-0.2, 0) is 0 Å². The first kappa shape index (κ1) is 9.40. The van der Waals surface area contributed by atoms with Gasteiger partial charge in [-0.3, -0.25) is 0 Å². The Morgan fingerprint density at radius 1 is 1.33 bits per heavy atom. The monoisotopic (exact) mass is 183 g/mol. The van der Waals surface area contributed by atoms with Crippen LogP contribution in [0.5, 0.6) is 0 Å². The van der Waals surface area contributed by atoms with Gasteiger partial charge in [0.05, 0.1) is 0 Å². The van der Waals surface area contributed by atoms with E-state index in [-0.39, 0.29) is 0 Å². The molecule has 1 nitrogen and oxygen atoms in total. The molecular formula is C10H14ClN. The van der Waals surface area contributed by atoms with Gasteiger partial charge in [-0.05, 0) is 25.5 Å². The molecule has 0 aliphatic carbocycles. The molecule has 2 heteroatoms. The lowest BCUT2D eigenvalue weighted by Crippen LogP contribution is -2.15. The highest BCUT2D eigenvalue weighted by atomic mass is 35.5. The van der Waals surface area contributed by atoms with Gasteiger partial charge in [0.1, 0.15) is 0 Å². The number of benzene rings is 1. The van der Waals surface area contributed by atoms with Crippen LogP contribution in [0.1, 0.15) is 13.3 Å². The summed E-state index contributed by atoms with van der Waals surface area (Å²) in [6.45, 7) is 2.13. The standard InChI is InChI=1S/C10H14ClN/c1-9(7-8-11)12-10-5-3-2-4-6-10/h2-6,9,12H,7-8H2,1H3. The Labute approximate surface area is 78.7 Å². The molecule has 0 aliphatic heterocycles. The predicted molar refractivity (Wildman–Crippen MR) is 54.9 cm³/mol. The molecule has 0 amide bonds. The Morgan fingerprint density at radius 2 is 2.00 bits per heavy atom. The summed E-state index contributed by atoms with van der Waals surface area (Å²) in [6.07, 6.45) is 0.996. The number of alkyl halides is 1. The van der Waals surface area contributed by atoms with Crippen LogP contribution in [0.2, 0.25) is 0 Å². The zero-order chi connectivity index (χ0) is 8.81. The Hall–Kier alpha value is -0.690. The lowest BCUT2D eigenvalue weighted by molar-refractivity contribution is 0.769. The number of nitrogens with one attached hydrogen (secondary N) is 1. The average molecular weight is 184 g/mol. The summed E-state index contributed by atoms with van der Waals surface area (Å²) in [5, 5.41) is 3.36. The van der Waals surface area contributed by atoms with Crippen molar-refractivity contribution in [3.63, 3.8) is 0 Å². The number of halogens is 1. The van der Waals surface area contributed by atoms with E-state index in [0.717, 1.165) is 12.1 Å². The summed E-state index contributed by atoms with van der Waals surface area (Å²) >= 11 is 5.62. The van der Waals surface area contributed by atoms with Gasteiger partial charge in [0.15, 0.2) is 0 Å². The maximum Gasteiger partial charge on any atom is 0.0342 e. The molecule has 1 N–H and O–H groups in total. The summed E-state index contributed by atoms with van der Waals surface area (Å²) in [7, 11) is 0. The van der Waals surface area contributed by atoms with Gasteiger partial charge < -0.3 is 5.32 Å². The molecular weight excluding hydrogens is 170 g/mol. The summed E-state index contributed by atoms with van der Waals surface area (Å²) in [5.74, 6) is 0.709. The number of hydrogen-bond donors (Lipinski definition) is 1. The van der Waals surface area contributed by atoms with E-state index in [2.05, 4.69) is 24.4 Å². The van der Waals surface area contributed by atoms with Crippen molar-refractivity contribution in [2.24, 2.45) is 0 Å². The molecule has 0 aliphatic rings. The summed E-state index contributed by atoms with van der Waals surface area (Å²) in [6, 6.07) is 10.6. The first-order valence-electron chi connectivity index (χ1n) is 4.20. The first-order chi connectivity index (χ1) is 5.83. The van der Waals surface area contributed by atoms with Crippen molar-refractivity contribution in [3.05, 3.63) is 30.3 Å². The van der Waals surface area contributed by atoms with Crippen LogP contribution >= 0.6 is 11.6 Å². The third-order valence-corrected chi connectivity index (χ3v) is 1.95. The quantitative estimate of drug-likeness (QED) is 0.708. The van der Waals surface area contributed by atoms with Gasteiger partial charge in [-0.2, -0.15) is 0 Å². The van der Waals surface area contributed by atoms with Crippen molar-refractivity contribution in [1.29, 1.82) is 0 Å². The van der Waals surface area contributed by atoms with Gasteiger partial charge in [0.25, 0.3) is 0 Å². The van der Waals surface area contributed by atoms with Crippen LogP contribution in [0.15, 0.2) is 30.3 Å². The summed E-state index contributed by atoms with van der Waals surface area (Å²) in [5.41, 5.74) is 1.16. The van der Waals surface area contributed by atoms with Gasteiger partial charge in [-0.25, -0.2) is 0 Å². The molecule has 1 aromatic rings. The molecule has 0 radical (unpaired) electrons. The maximum atomic E-state index is 5.62. The molecule has 66 valence electrons. The van der Waals surface area contributed by atoms with E-state index in [1.54, 1.807) is 0 Å². The number of anilines is 1. The molecule has 0 fully saturated rings. The zero-order valence-corrected chi connectivity index (χ0v) is 8.01. The van der Waals surface area contributed by atoms with Crippen LogP contribution in [0.3, 0.4) is 0 Å². The molecule has 1 atom stereocenters. The van der Waals surface area contributed by atoms with Gasteiger partial charge in [0, 0.05) is 17.6 Å². The van der Waals surface area contributed by atoms with E-state index in [1.165, 1.54) is 0 Å². The largest absolute Gasteiger partial charge is 0.383 e. The molecule has 1 unspecified atom stereocenters. The van der Waals surface area contributed by atoms with Crippen molar-refractivity contribution in [3.8, 4) is 0 Å². The third kappa shape index (κ3) is 3.14. The highest BCUT2D eigenvalue weighted by Crippen LogP contribution is 2.08. The molecule has 0 aromatic heterocycles. The van der Waals surface area contributed by atoms with E-state index in [9.17, 15) is 0 Å². The number of para-hydroxylation sites is 1. The second kappa shape index (κ2) is 5.04. The van der Waals surface area contributed by atoms with E-state index < -0.39 is 0 Å². The van der Waals surface area contributed by atoms with Gasteiger partial charge >= 0.3 is 0 Å². The predicted octanol–water partition coefficient (Wildman–Crippen LogP) is 3.12. The molecule has 0 heterocycles. The number of rotatable bonds is 4. The Morgan fingerprint density at radius 3 is 2.58 bits per heavy atom. The normalized spacial score (nSPS) is 12.5. The molecule has 0 spiro atoms. The third-order valence-electron chi connectivity index (χ3n) is 1.73. The Balaban J connectivity index is 2.41. The lowest BCUT2D eigenvalue weighted by atomic mass is 10.2. The highest BCUT2D eigenvalue weighted by molar-refractivity contribution is 6.17. The summed E-state index contributed by atoms with van der Waals surface area (Å²) in [4.78, 5) is 0.